The van der Waals surface area contributed by atoms with Gasteiger partial charge >= 0.3 is 0 Å². The zero-order chi connectivity index (χ0) is 22.2. The topological polar surface area (TPSA) is 66.9 Å². The second-order valence-corrected chi connectivity index (χ2v) is 8.59. The van der Waals surface area contributed by atoms with Crippen LogP contribution in [0.5, 0.6) is 0 Å². The van der Waals surface area contributed by atoms with Crippen molar-refractivity contribution < 1.29 is 8.78 Å². The number of allylic oxidation sites excluding steroid dienone is 1. The number of aryl methyl sites for hydroxylation is 2. The normalized spacial score (nSPS) is 18.4. The summed E-state index contributed by atoms with van der Waals surface area (Å²) < 4.78 is 28.8. The Labute approximate surface area is 192 Å². The van der Waals surface area contributed by atoms with Gasteiger partial charge in [-0.25, -0.2) is 18.7 Å². The van der Waals surface area contributed by atoms with Crippen molar-refractivity contribution in [2.45, 2.75) is 45.2 Å². The number of nitriles is 1. The molecule has 0 amide bonds. The van der Waals surface area contributed by atoms with Crippen molar-refractivity contribution in [3.8, 4) is 6.07 Å². The minimum atomic E-state index is -2.66. The monoisotopic (exact) mass is 531 g/mol. The van der Waals surface area contributed by atoms with E-state index in [4.69, 9.17) is 4.98 Å². The van der Waals surface area contributed by atoms with Gasteiger partial charge in [-0.05, 0) is 58.7 Å². The Balaban J connectivity index is 1.69. The van der Waals surface area contributed by atoms with E-state index in [1.54, 1.807) is 18.3 Å². The number of aromatic nitrogens is 3. The first-order chi connectivity index (χ1) is 14.9. The van der Waals surface area contributed by atoms with Crippen LogP contribution in [0.4, 0.5) is 8.78 Å². The highest BCUT2D eigenvalue weighted by molar-refractivity contribution is 14.1. The van der Waals surface area contributed by atoms with E-state index in [-0.39, 0.29) is 9.15 Å². The number of halogens is 3. The van der Waals surface area contributed by atoms with E-state index in [9.17, 15) is 14.0 Å². The molecule has 8 heteroatoms. The third kappa shape index (κ3) is 3.65. The maximum absolute atomic E-state index is 13.2. The van der Waals surface area contributed by atoms with Gasteiger partial charge in [0.15, 0.2) is 5.65 Å². The van der Waals surface area contributed by atoms with Crippen LogP contribution in [0.3, 0.4) is 0 Å². The Kier molecular flexibility index (Phi) is 5.88. The molecule has 0 spiro atoms. The molecule has 1 aliphatic rings. The third-order valence-corrected chi connectivity index (χ3v) is 6.87. The largest absolute Gasteiger partial charge is 0.308 e. The highest BCUT2D eigenvalue weighted by atomic mass is 127. The second-order valence-electron chi connectivity index (χ2n) is 7.51. The lowest BCUT2D eigenvalue weighted by Crippen LogP contribution is -2.20. The van der Waals surface area contributed by atoms with Crippen LogP contribution < -0.4 is 0 Å². The molecule has 0 saturated carbocycles. The maximum Gasteiger partial charge on any atom is 0.266 e. The van der Waals surface area contributed by atoms with Gasteiger partial charge in [0.25, 0.3) is 6.43 Å². The summed E-state index contributed by atoms with van der Waals surface area (Å²) in [5.74, 6) is 0.983. The van der Waals surface area contributed by atoms with Crippen LogP contribution >= 0.6 is 22.6 Å². The maximum atomic E-state index is 13.2. The standard InChI is InChI=1S/C23H20F2IN5/c1-3-4-18-30-19-14(2)9-10-28-22(19)31(18)12-15-5-7-16(8-6-15)23(13-27)20(26)17(11-29-23)21(24)25/h5-11,21H,3-4,12H2,1-2H3. The number of hydrogen-bond acceptors (Lipinski definition) is 4. The number of pyridine rings is 1. The zero-order valence-corrected chi connectivity index (χ0v) is 19.3. The molecule has 1 aromatic carbocycles. The third-order valence-electron chi connectivity index (χ3n) is 5.47. The number of fused-ring (bicyclic) bond motifs is 1. The Hall–Kier alpha value is -2.67. The van der Waals surface area contributed by atoms with Crippen LogP contribution in [0.15, 0.2) is 50.7 Å². The number of imidazole rings is 1. The molecule has 31 heavy (non-hydrogen) atoms. The molecule has 1 atom stereocenters. The van der Waals surface area contributed by atoms with Gasteiger partial charge in [0.05, 0.1) is 6.54 Å². The van der Waals surface area contributed by atoms with Crippen molar-refractivity contribution in [2.75, 3.05) is 0 Å². The smallest absolute Gasteiger partial charge is 0.266 e. The Morgan fingerprint density at radius 3 is 2.58 bits per heavy atom. The van der Waals surface area contributed by atoms with E-state index in [1.165, 1.54) is 0 Å². The van der Waals surface area contributed by atoms with Crippen LogP contribution in [0.25, 0.3) is 11.2 Å². The molecule has 0 aliphatic carbocycles. The summed E-state index contributed by atoms with van der Waals surface area (Å²) in [6.45, 7) is 4.73. The average Bonchev–Trinajstić information content (AvgIpc) is 3.28. The van der Waals surface area contributed by atoms with E-state index in [0.717, 1.165) is 47.2 Å². The minimum absolute atomic E-state index is 0.193. The summed E-state index contributed by atoms with van der Waals surface area (Å²) in [6, 6.07) is 11.5. The molecule has 1 aliphatic heterocycles. The molecule has 158 valence electrons. The van der Waals surface area contributed by atoms with E-state index in [0.29, 0.717) is 12.1 Å². The average molecular weight is 531 g/mol. The lowest BCUT2D eigenvalue weighted by atomic mass is 9.91. The first kappa shape index (κ1) is 21.6. The van der Waals surface area contributed by atoms with Gasteiger partial charge in [-0.2, -0.15) is 5.26 Å². The molecular formula is C23H20F2IN5. The zero-order valence-electron chi connectivity index (χ0n) is 17.1. The first-order valence-electron chi connectivity index (χ1n) is 9.96. The number of nitrogens with zero attached hydrogens (tertiary/aromatic N) is 5. The molecular weight excluding hydrogens is 511 g/mol. The van der Waals surface area contributed by atoms with Crippen molar-refractivity contribution in [1.29, 1.82) is 5.26 Å². The molecule has 3 heterocycles. The van der Waals surface area contributed by atoms with E-state index >= 15 is 0 Å². The van der Waals surface area contributed by atoms with E-state index in [2.05, 4.69) is 27.5 Å². The van der Waals surface area contributed by atoms with Gasteiger partial charge < -0.3 is 4.57 Å². The van der Waals surface area contributed by atoms with Gasteiger partial charge in [0, 0.05) is 28.0 Å². The summed E-state index contributed by atoms with van der Waals surface area (Å²) in [5, 5.41) is 9.79. The van der Waals surface area contributed by atoms with Crippen LogP contribution in [0, 0.1) is 18.3 Å². The molecule has 3 aromatic rings. The highest BCUT2D eigenvalue weighted by Gasteiger charge is 2.41. The molecule has 1 unspecified atom stereocenters. The van der Waals surface area contributed by atoms with Crippen LogP contribution in [-0.4, -0.2) is 27.2 Å². The number of rotatable bonds is 6. The SMILES string of the molecule is CCCc1nc2c(C)ccnc2n1Cc1ccc(C2(C#N)N=CC(C(F)F)=C2I)cc1. The lowest BCUT2D eigenvalue weighted by Gasteiger charge is -2.20. The number of hydrogen-bond donors (Lipinski definition) is 0. The summed E-state index contributed by atoms with van der Waals surface area (Å²) >= 11 is 1.81. The first-order valence-corrected chi connectivity index (χ1v) is 11.0. The van der Waals surface area contributed by atoms with Crippen LogP contribution in [0.2, 0.25) is 0 Å². The van der Waals surface area contributed by atoms with Crippen LogP contribution in [0.1, 0.15) is 35.9 Å². The molecule has 0 N–H and O–H groups in total. The molecule has 0 saturated heterocycles. The number of benzene rings is 1. The van der Waals surface area contributed by atoms with E-state index in [1.807, 2.05) is 47.7 Å². The quantitative estimate of drug-likeness (QED) is 0.395. The minimum Gasteiger partial charge on any atom is -0.308 e. The summed E-state index contributed by atoms with van der Waals surface area (Å²) in [6.07, 6.45) is 2.07. The molecule has 0 radical (unpaired) electrons. The van der Waals surface area contributed by atoms with Crippen LogP contribution in [-0.2, 0) is 18.5 Å². The van der Waals surface area contributed by atoms with Crippen molar-refractivity contribution in [3.05, 3.63) is 68.2 Å². The molecule has 5 nitrogen and oxygen atoms in total. The van der Waals surface area contributed by atoms with Gasteiger partial charge in [-0.3, -0.25) is 4.99 Å². The Morgan fingerprint density at radius 2 is 1.97 bits per heavy atom. The Bertz CT molecular complexity index is 1240. The fourth-order valence-corrected chi connectivity index (χ4v) is 4.73. The van der Waals surface area contributed by atoms with Crippen molar-refractivity contribution in [2.24, 2.45) is 4.99 Å². The van der Waals surface area contributed by atoms with Crippen molar-refractivity contribution >= 4 is 40.0 Å². The predicted octanol–water partition coefficient (Wildman–Crippen LogP) is 5.50. The number of alkyl halides is 2. The fraction of sp³-hybridized carbons (Fsp3) is 0.304. The predicted molar refractivity (Wildman–Crippen MR) is 125 cm³/mol. The summed E-state index contributed by atoms with van der Waals surface area (Å²) in [5.41, 5.74) is 2.83. The second kappa shape index (κ2) is 8.46. The molecule has 0 fully saturated rings. The van der Waals surface area contributed by atoms with Crippen molar-refractivity contribution in [1.82, 2.24) is 14.5 Å². The molecule has 0 bridgehead atoms. The fourth-order valence-electron chi connectivity index (χ4n) is 3.78. The van der Waals surface area contributed by atoms with Gasteiger partial charge in [0.2, 0.25) is 5.54 Å². The Morgan fingerprint density at radius 1 is 1.23 bits per heavy atom. The summed E-state index contributed by atoms with van der Waals surface area (Å²) in [4.78, 5) is 13.5. The van der Waals surface area contributed by atoms with Gasteiger partial charge in [-0.15, -0.1) is 0 Å². The lowest BCUT2D eigenvalue weighted by molar-refractivity contribution is 0.197. The molecule has 2 aromatic heterocycles. The summed E-state index contributed by atoms with van der Waals surface area (Å²) in [7, 11) is 0. The van der Waals surface area contributed by atoms with Crippen molar-refractivity contribution in [3.63, 3.8) is 0 Å². The highest BCUT2D eigenvalue weighted by Crippen LogP contribution is 2.43. The number of aliphatic imine (C=N–C) groups is 1. The van der Waals surface area contributed by atoms with Gasteiger partial charge in [-0.1, -0.05) is 31.2 Å². The van der Waals surface area contributed by atoms with E-state index < -0.39 is 12.0 Å². The molecule has 4 rings (SSSR count). The van der Waals surface area contributed by atoms with Gasteiger partial charge in [0.1, 0.15) is 17.4 Å².